The van der Waals surface area contributed by atoms with Crippen LogP contribution >= 0.6 is 11.3 Å². The topological polar surface area (TPSA) is 88.4 Å². The zero-order valence-electron chi connectivity index (χ0n) is 22.4. The van der Waals surface area contributed by atoms with Crippen molar-refractivity contribution in [2.45, 2.75) is 57.4 Å². The van der Waals surface area contributed by atoms with Gasteiger partial charge < -0.3 is 4.90 Å². The van der Waals surface area contributed by atoms with Crippen molar-refractivity contribution >= 4 is 38.0 Å². The summed E-state index contributed by atoms with van der Waals surface area (Å²) in [5.74, 6) is -0.130. The van der Waals surface area contributed by atoms with Crippen molar-refractivity contribution < 1.29 is 13.2 Å². The van der Waals surface area contributed by atoms with Crippen LogP contribution in [0.4, 0.5) is 0 Å². The lowest BCUT2D eigenvalue weighted by Gasteiger charge is -2.39. The van der Waals surface area contributed by atoms with Crippen LogP contribution in [0.1, 0.15) is 56.4 Å². The SMILES string of the molecule is CCc1c(C(=O)N2CCN(S(=O)(=O)c3cccc4ccccc34)C(C)C2)cnn1-c1nc(C(C)(C)C)cs1. The van der Waals surface area contributed by atoms with Crippen molar-refractivity contribution in [1.29, 1.82) is 0 Å². The van der Waals surface area contributed by atoms with Crippen molar-refractivity contribution in [2.75, 3.05) is 19.6 Å². The van der Waals surface area contributed by atoms with Crippen molar-refractivity contribution in [3.8, 4) is 5.13 Å². The molecule has 10 heteroatoms. The fourth-order valence-electron chi connectivity index (χ4n) is 4.96. The summed E-state index contributed by atoms with van der Waals surface area (Å²) in [6, 6.07) is 12.5. The molecule has 1 amide bonds. The molecule has 200 valence electrons. The van der Waals surface area contributed by atoms with Gasteiger partial charge in [0.1, 0.15) is 0 Å². The number of sulfonamides is 1. The first-order valence-corrected chi connectivity index (χ1v) is 15.2. The highest BCUT2D eigenvalue weighted by molar-refractivity contribution is 7.89. The second-order valence-corrected chi connectivity index (χ2v) is 13.4. The van der Waals surface area contributed by atoms with E-state index in [0.717, 1.165) is 21.9 Å². The van der Waals surface area contributed by atoms with Gasteiger partial charge in [0.25, 0.3) is 5.91 Å². The third-order valence-electron chi connectivity index (χ3n) is 7.07. The van der Waals surface area contributed by atoms with Gasteiger partial charge in [0.2, 0.25) is 15.2 Å². The molecule has 0 spiro atoms. The first-order chi connectivity index (χ1) is 18.0. The fraction of sp³-hybridized carbons (Fsp3) is 0.393. The Hall–Kier alpha value is -3.08. The predicted octanol–water partition coefficient (Wildman–Crippen LogP) is 4.88. The van der Waals surface area contributed by atoms with E-state index >= 15 is 0 Å². The van der Waals surface area contributed by atoms with Crippen molar-refractivity contribution in [3.63, 3.8) is 0 Å². The number of aromatic nitrogens is 3. The molecule has 1 saturated heterocycles. The van der Waals surface area contributed by atoms with E-state index in [9.17, 15) is 13.2 Å². The number of hydrogen-bond donors (Lipinski definition) is 0. The van der Waals surface area contributed by atoms with Crippen molar-refractivity contribution in [1.82, 2.24) is 24.0 Å². The largest absolute Gasteiger partial charge is 0.336 e. The van der Waals surface area contributed by atoms with E-state index in [0.29, 0.717) is 35.4 Å². The Morgan fingerprint density at radius 2 is 1.84 bits per heavy atom. The molecule has 4 aromatic rings. The third kappa shape index (κ3) is 4.65. The molecule has 0 aliphatic carbocycles. The number of carbonyl (C=O) groups excluding carboxylic acids is 1. The van der Waals surface area contributed by atoms with Crippen LogP contribution in [-0.2, 0) is 21.9 Å². The van der Waals surface area contributed by atoms with Crippen LogP contribution in [0, 0.1) is 0 Å². The number of thiazole rings is 1. The van der Waals surface area contributed by atoms with Gasteiger partial charge in [-0.1, -0.05) is 64.1 Å². The van der Waals surface area contributed by atoms with Gasteiger partial charge in [0.05, 0.1) is 28.0 Å². The fourth-order valence-corrected chi connectivity index (χ4v) is 7.82. The van der Waals surface area contributed by atoms with Crippen LogP contribution in [0.15, 0.2) is 58.9 Å². The Balaban J connectivity index is 1.37. The monoisotopic (exact) mass is 551 g/mol. The maximum atomic E-state index is 13.7. The van der Waals surface area contributed by atoms with Crippen LogP contribution in [0.2, 0.25) is 0 Å². The molecule has 0 radical (unpaired) electrons. The summed E-state index contributed by atoms with van der Waals surface area (Å²) < 4.78 is 30.7. The number of nitrogens with zero attached hydrogens (tertiary/aromatic N) is 5. The zero-order valence-corrected chi connectivity index (χ0v) is 24.0. The van der Waals surface area contributed by atoms with Crippen molar-refractivity contribution in [3.05, 3.63) is 71.0 Å². The lowest BCUT2D eigenvalue weighted by Crippen LogP contribution is -2.55. The van der Waals surface area contributed by atoms with E-state index in [2.05, 4.69) is 25.9 Å². The smallest absolute Gasteiger partial charge is 0.257 e. The first kappa shape index (κ1) is 26.5. The second kappa shape index (κ2) is 9.91. The summed E-state index contributed by atoms with van der Waals surface area (Å²) in [6.07, 6.45) is 2.24. The van der Waals surface area contributed by atoms with Gasteiger partial charge in [0.15, 0.2) is 0 Å². The summed E-state index contributed by atoms with van der Waals surface area (Å²) in [6.45, 7) is 11.1. The molecule has 0 bridgehead atoms. The summed E-state index contributed by atoms with van der Waals surface area (Å²) in [4.78, 5) is 20.4. The van der Waals surface area contributed by atoms with E-state index in [1.165, 1.54) is 15.6 Å². The molecule has 38 heavy (non-hydrogen) atoms. The Morgan fingerprint density at radius 3 is 2.53 bits per heavy atom. The molecule has 1 unspecified atom stereocenters. The molecule has 0 N–H and O–H groups in total. The standard InChI is InChI=1S/C28H33N5O3S2/c1-6-23-22(16-29-33(23)27-30-25(18-37-27)28(3,4)5)26(34)31-14-15-32(19(2)17-31)38(35,36)24-13-9-11-20-10-7-8-12-21(20)24/h7-13,16,18-19H,6,14-15,17H2,1-5H3. The highest BCUT2D eigenvalue weighted by Crippen LogP contribution is 2.30. The minimum atomic E-state index is -3.73. The first-order valence-electron chi connectivity index (χ1n) is 12.8. The Labute approximate surface area is 228 Å². The average Bonchev–Trinajstić information content (AvgIpc) is 3.55. The molecule has 1 fully saturated rings. The number of hydrogen-bond acceptors (Lipinski definition) is 6. The molecule has 1 aliphatic rings. The van der Waals surface area contributed by atoms with E-state index < -0.39 is 10.0 Å². The second-order valence-electron chi connectivity index (χ2n) is 10.7. The van der Waals surface area contributed by atoms with Crippen LogP contribution in [-0.4, -0.2) is 64.0 Å². The maximum Gasteiger partial charge on any atom is 0.257 e. The van der Waals surface area contributed by atoms with Crippen LogP contribution in [0.25, 0.3) is 15.9 Å². The van der Waals surface area contributed by atoms with Gasteiger partial charge in [-0.25, -0.2) is 18.1 Å². The normalized spacial score (nSPS) is 17.3. The van der Waals surface area contributed by atoms with Gasteiger partial charge in [-0.05, 0) is 24.8 Å². The zero-order chi connectivity index (χ0) is 27.2. The summed E-state index contributed by atoms with van der Waals surface area (Å²) in [5.41, 5.74) is 2.26. The highest BCUT2D eigenvalue weighted by Gasteiger charge is 2.37. The van der Waals surface area contributed by atoms with Gasteiger partial charge in [0, 0.05) is 41.9 Å². The van der Waals surface area contributed by atoms with Gasteiger partial charge in [-0.15, -0.1) is 11.3 Å². The summed E-state index contributed by atoms with van der Waals surface area (Å²) in [7, 11) is -3.73. The predicted molar refractivity (Wildman–Crippen MR) is 151 cm³/mol. The molecule has 2 aromatic heterocycles. The molecule has 1 atom stereocenters. The number of fused-ring (bicyclic) bond motifs is 1. The molecule has 5 rings (SSSR count). The van der Waals surface area contributed by atoms with E-state index in [4.69, 9.17) is 4.98 Å². The number of carbonyl (C=O) groups is 1. The van der Waals surface area contributed by atoms with E-state index in [-0.39, 0.29) is 23.9 Å². The molecular weight excluding hydrogens is 518 g/mol. The molecule has 3 heterocycles. The minimum absolute atomic E-state index is 0.0743. The highest BCUT2D eigenvalue weighted by atomic mass is 32.2. The van der Waals surface area contributed by atoms with Gasteiger partial charge in [-0.2, -0.15) is 9.40 Å². The van der Waals surface area contributed by atoms with Crippen LogP contribution in [0.5, 0.6) is 0 Å². The average molecular weight is 552 g/mol. The van der Waals surface area contributed by atoms with Crippen LogP contribution in [0.3, 0.4) is 0 Å². The Morgan fingerprint density at radius 1 is 1.11 bits per heavy atom. The third-order valence-corrected chi connectivity index (χ3v) is 9.95. The number of piperazine rings is 1. The van der Waals surface area contributed by atoms with E-state index in [1.807, 2.05) is 49.6 Å². The number of rotatable bonds is 5. The molecule has 2 aromatic carbocycles. The molecule has 8 nitrogen and oxygen atoms in total. The Kier molecular flexibility index (Phi) is 6.91. The molecule has 0 saturated carbocycles. The Bertz CT molecular complexity index is 1590. The molecular formula is C28H33N5O3S2. The molecule has 1 aliphatic heterocycles. The van der Waals surface area contributed by atoms with Gasteiger partial charge in [-0.3, -0.25) is 4.79 Å². The summed E-state index contributed by atoms with van der Waals surface area (Å²) in [5, 5.41) is 8.89. The van der Waals surface area contributed by atoms with Crippen LogP contribution < -0.4 is 0 Å². The maximum absolute atomic E-state index is 13.7. The minimum Gasteiger partial charge on any atom is -0.336 e. The van der Waals surface area contributed by atoms with Gasteiger partial charge >= 0.3 is 0 Å². The number of benzene rings is 2. The number of amides is 1. The van der Waals surface area contributed by atoms with Crippen molar-refractivity contribution in [2.24, 2.45) is 0 Å². The summed E-state index contributed by atoms with van der Waals surface area (Å²) >= 11 is 1.51. The quantitative estimate of drug-likeness (QED) is 0.353. The lowest BCUT2D eigenvalue weighted by atomic mass is 9.93. The lowest BCUT2D eigenvalue weighted by molar-refractivity contribution is 0.0641. The van der Waals surface area contributed by atoms with E-state index in [1.54, 1.807) is 27.9 Å².